The third kappa shape index (κ3) is 1.78. The molecule has 0 aliphatic rings. The molecule has 0 N–H and O–H groups in total. The zero-order chi connectivity index (χ0) is 9.35. The summed E-state index contributed by atoms with van der Waals surface area (Å²) in [5.41, 5.74) is 0. The molecule has 8 heteroatoms. The summed E-state index contributed by atoms with van der Waals surface area (Å²) in [6.45, 7) is 0. The Morgan fingerprint density at radius 2 is 2.17 bits per heavy atom. The highest BCUT2D eigenvalue weighted by molar-refractivity contribution is 7.13. The van der Waals surface area contributed by atoms with E-state index in [-0.39, 0.29) is 14.0 Å². The summed E-state index contributed by atoms with van der Waals surface area (Å²) in [4.78, 5) is 3.10. The number of rotatable bonds is 0. The maximum atomic E-state index is 12.0. The van der Waals surface area contributed by atoms with Crippen LogP contribution in [0.25, 0.3) is 0 Å². The summed E-state index contributed by atoms with van der Waals surface area (Å²) >= 11 is 5.95. The Morgan fingerprint density at radius 3 is 2.50 bits per heavy atom. The molecule has 3 nitrogen and oxygen atoms in total. The van der Waals surface area contributed by atoms with Crippen LogP contribution < -0.4 is 4.80 Å². The van der Waals surface area contributed by atoms with Crippen molar-refractivity contribution >= 4 is 22.9 Å². The molecule has 0 aliphatic carbocycles. The average molecular weight is 218 g/mol. The minimum absolute atomic E-state index is 0.167. The van der Waals surface area contributed by atoms with Crippen molar-refractivity contribution < 1.29 is 13.2 Å². The zero-order valence-corrected chi connectivity index (χ0v) is 7.33. The lowest BCUT2D eigenvalue weighted by Crippen LogP contribution is -2.28. The van der Waals surface area contributed by atoms with Crippen LogP contribution in [0.3, 0.4) is 0 Å². The summed E-state index contributed by atoms with van der Waals surface area (Å²) in [5.74, 6) is 0. The van der Waals surface area contributed by atoms with E-state index in [0.29, 0.717) is 11.3 Å². The summed E-state index contributed by atoms with van der Waals surface area (Å²) < 4.78 is 35.8. The highest BCUT2D eigenvalue weighted by Crippen LogP contribution is 2.21. The Bertz CT molecular complexity index is 338. The van der Waals surface area contributed by atoms with Crippen LogP contribution in [0.2, 0.25) is 4.47 Å². The second kappa shape index (κ2) is 3.06. The van der Waals surface area contributed by atoms with Gasteiger partial charge in [-0.25, -0.2) is 0 Å². The van der Waals surface area contributed by atoms with Crippen molar-refractivity contribution in [2.45, 2.75) is 6.30 Å². The predicted molar refractivity (Wildman–Crippen MR) is 37.9 cm³/mol. The maximum Gasteiger partial charge on any atom is 0.507 e. The van der Waals surface area contributed by atoms with Gasteiger partial charge in [0.2, 0.25) is 9.27 Å². The molecule has 1 heterocycles. The Hall–Kier alpha value is -0.560. The molecule has 0 spiro atoms. The van der Waals surface area contributed by atoms with Gasteiger partial charge in [-0.1, -0.05) is 11.3 Å². The van der Waals surface area contributed by atoms with Gasteiger partial charge in [0.05, 0.1) is 0 Å². The largest absolute Gasteiger partial charge is 0.507 e. The van der Waals surface area contributed by atoms with Gasteiger partial charge in [0.15, 0.2) is 0 Å². The zero-order valence-electron chi connectivity index (χ0n) is 5.76. The molecule has 1 aromatic heterocycles. The lowest BCUT2D eigenvalue weighted by Gasteiger charge is -2.03. The van der Waals surface area contributed by atoms with Crippen LogP contribution in [0.1, 0.15) is 0 Å². The monoisotopic (exact) mass is 217 g/mol. The van der Waals surface area contributed by atoms with Gasteiger partial charge in [0.1, 0.15) is 0 Å². The maximum absolute atomic E-state index is 12.0. The van der Waals surface area contributed by atoms with E-state index >= 15 is 0 Å². The normalized spacial score (nSPS) is 13.9. The van der Waals surface area contributed by atoms with Gasteiger partial charge in [-0.2, -0.15) is 0 Å². The lowest BCUT2D eigenvalue weighted by atomic mass is 11.0. The van der Waals surface area contributed by atoms with Gasteiger partial charge in [0.25, 0.3) is 0 Å². The minimum Gasteiger partial charge on any atom is -0.261 e. The first-order chi connectivity index (χ1) is 5.45. The summed E-state index contributed by atoms with van der Waals surface area (Å²) in [7, 11) is 1.24. The van der Waals surface area contributed by atoms with Crippen LogP contribution in [-0.2, 0) is 6.30 Å². The molecule has 1 rings (SSSR count). The molecular weight excluding hydrogens is 215 g/mol. The SMILES string of the molecule is CN=c1sc(Cl)nn1C(F)(F)F. The molecule has 68 valence electrons. The molecule has 0 saturated carbocycles. The highest BCUT2D eigenvalue weighted by Gasteiger charge is 2.33. The number of nitrogens with zero attached hydrogens (tertiary/aromatic N) is 3. The molecule has 1 aromatic rings. The van der Waals surface area contributed by atoms with Crippen LogP contribution in [0, 0.1) is 0 Å². The first-order valence-corrected chi connectivity index (χ1v) is 3.90. The number of alkyl halides is 3. The topological polar surface area (TPSA) is 30.2 Å². The van der Waals surface area contributed by atoms with Crippen LogP contribution in [0.5, 0.6) is 0 Å². The number of hydrogen-bond acceptors (Lipinski definition) is 3. The number of halogens is 4. The average Bonchev–Trinajstić information content (AvgIpc) is 2.29. The molecule has 0 fully saturated rings. The highest BCUT2D eigenvalue weighted by atomic mass is 35.5. The van der Waals surface area contributed by atoms with Crippen molar-refractivity contribution in [1.29, 1.82) is 0 Å². The van der Waals surface area contributed by atoms with Gasteiger partial charge in [-0.3, -0.25) is 4.99 Å². The predicted octanol–water partition coefficient (Wildman–Crippen LogP) is 1.60. The van der Waals surface area contributed by atoms with E-state index in [9.17, 15) is 13.2 Å². The third-order valence-electron chi connectivity index (χ3n) is 0.967. The van der Waals surface area contributed by atoms with E-state index in [1.165, 1.54) is 7.05 Å². The second-order valence-electron chi connectivity index (χ2n) is 1.74. The Kier molecular flexibility index (Phi) is 2.43. The molecule has 0 saturated heterocycles. The molecule has 0 radical (unpaired) electrons. The van der Waals surface area contributed by atoms with E-state index < -0.39 is 6.30 Å². The van der Waals surface area contributed by atoms with E-state index in [1.807, 2.05) is 0 Å². The van der Waals surface area contributed by atoms with E-state index in [2.05, 4.69) is 10.1 Å². The van der Waals surface area contributed by atoms with Crippen molar-refractivity contribution in [2.75, 3.05) is 7.05 Å². The van der Waals surface area contributed by atoms with Gasteiger partial charge in [-0.05, 0) is 11.6 Å². The summed E-state index contributed by atoms with van der Waals surface area (Å²) in [6.07, 6.45) is -4.56. The fourth-order valence-corrected chi connectivity index (χ4v) is 1.44. The molecule has 0 aromatic carbocycles. The Balaban J connectivity index is 3.34. The van der Waals surface area contributed by atoms with E-state index in [1.54, 1.807) is 0 Å². The fraction of sp³-hybridized carbons (Fsp3) is 0.500. The van der Waals surface area contributed by atoms with Gasteiger partial charge in [0, 0.05) is 7.05 Å². The van der Waals surface area contributed by atoms with Crippen LogP contribution in [0.4, 0.5) is 13.2 Å². The Labute approximate surface area is 74.1 Å². The summed E-state index contributed by atoms with van der Waals surface area (Å²) in [6, 6.07) is 0. The minimum atomic E-state index is -4.56. The number of hydrogen-bond donors (Lipinski definition) is 0. The van der Waals surface area contributed by atoms with Crippen molar-refractivity contribution in [3.8, 4) is 0 Å². The molecule has 0 unspecified atom stereocenters. The first kappa shape index (κ1) is 9.53. The van der Waals surface area contributed by atoms with Crippen molar-refractivity contribution in [2.24, 2.45) is 4.99 Å². The van der Waals surface area contributed by atoms with Gasteiger partial charge < -0.3 is 0 Å². The third-order valence-corrected chi connectivity index (χ3v) is 2.06. The molecule has 0 aliphatic heterocycles. The van der Waals surface area contributed by atoms with Gasteiger partial charge in [-0.15, -0.1) is 23.0 Å². The molecular formula is C4H3ClF3N3S. The van der Waals surface area contributed by atoms with Crippen molar-refractivity contribution in [1.82, 2.24) is 9.78 Å². The van der Waals surface area contributed by atoms with Crippen LogP contribution in [0.15, 0.2) is 4.99 Å². The molecule has 12 heavy (non-hydrogen) atoms. The summed E-state index contributed by atoms with van der Waals surface area (Å²) in [5, 5.41) is 3.03. The van der Waals surface area contributed by atoms with E-state index in [0.717, 1.165) is 0 Å². The van der Waals surface area contributed by atoms with Crippen LogP contribution in [-0.4, -0.2) is 16.8 Å². The van der Waals surface area contributed by atoms with Crippen LogP contribution >= 0.6 is 22.9 Å². The lowest BCUT2D eigenvalue weighted by molar-refractivity contribution is -0.214. The number of aromatic nitrogens is 2. The quantitative estimate of drug-likeness (QED) is 0.649. The van der Waals surface area contributed by atoms with Crippen molar-refractivity contribution in [3.05, 3.63) is 9.27 Å². The fourth-order valence-electron chi connectivity index (χ4n) is 0.566. The van der Waals surface area contributed by atoms with E-state index in [4.69, 9.17) is 11.6 Å². The molecule has 0 bridgehead atoms. The smallest absolute Gasteiger partial charge is 0.261 e. The second-order valence-corrected chi connectivity index (χ2v) is 3.28. The first-order valence-electron chi connectivity index (χ1n) is 2.71. The Morgan fingerprint density at radius 1 is 1.58 bits per heavy atom. The molecule has 0 atom stereocenters. The standard InChI is InChI=1S/C4H3ClF3N3S/c1-9-3-11(4(6,7)8)10-2(5)12-3/h1H3. The van der Waals surface area contributed by atoms with Crippen molar-refractivity contribution in [3.63, 3.8) is 0 Å². The van der Waals surface area contributed by atoms with Gasteiger partial charge >= 0.3 is 6.30 Å². The molecule has 0 amide bonds.